The zero-order valence-electron chi connectivity index (χ0n) is 22.0. The number of rotatable bonds is 12. The zero-order chi connectivity index (χ0) is 30.0. The van der Waals surface area contributed by atoms with E-state index in [1.165, 1.54) is 30.5 Å². The molecule has 0 fully saturated rings. The fraction of sp³-hybridized carbons (Fsp3) is 0.0690. The average Bonchev–Trinajstić information content (AvgIpc) is 3.00. The van der Waals surface area contributed by atoms with Gasteiger partial charge < -0.3 is 10.1 Å². The topological polar surface area (TPSA) is 160 Å². The van der Waals surface area contributed by atoms with E-state index in [9.17, 15) is 28.1 Å². The number of nitrogens with one attached hydrogen (secondary N) is 2. The summed E-state index contributed by atoms with van der Waals surface area (Å²) in [7, 11) is -4.19. The highest BCUT2D eigenvalue weighted by Crippen LogP contribution is 2.25. The van der Waals surface area contributed by atoms with E-state index >= 15 is 0 Å². The average molecular weight is 588 g/mol. The van der Waals surface area contributed by atoms with Crippen LogP contribution in [0.4, 0.5) is 17.1 Å². The van der Waals surface area contributed by atoms with E-state index in [2.05, 4.69) is 15.8 Å². The Balaban J connectivity index is 1.36. The molecule has 4 aromatic rings. The van der Waals surface area contributed by atoms with Crippen LogP contribution < -0.4 is 19.8 Å². The third kappa shape index (κ3) is 7.99. The Labute approximate surface area is 241 Å². The van der Waals surface area contributed by atoms with Gasteiger partial charge in [-0.25, -0.2) is 13.8 Å². The first-order valence-electron chi connectivity index (χ1n) is 12.4. The number of nitrogens with zero attached hydrogens (tertiary/aromatic N) is 3. The van der Waals surface area contributed by atoms with Crippen molar-refractivity contribution in [2.24, 2.45) is 5.10 Å². The van der Waals surface area contributed by atoms with Crippen molar-refractivity contribution < 1.29 is 27.7 Å². The lowest BCUT2D eigenvalue weighted by Gasteiger charge is -2.23. The number of ether oxygens (including phenoxy) is 1. The van der Waals surface area contributed by atoms with E-state index in [0.29, 0.717) is 17.0 Å². The summed E-state index contributed by atoms with van der Waals surface area (Å²) in [5.41, 5.74) is 3.39. The van der Waals surface area contributed by atoms with Crippen molar-refractivity contribution in [3.05, 3.63) is 125 Å². The van der Waals surface area contributed by atoms with Crippen LogP contribution in [0.2, 0.25) is 0 Å². The highest BCUT2D eigenvalue weighted by atomic mass is 32.2. The van der Waals surface area contributed by atoms with Crippen LogP contribution in [-0.4, -0.2) is 44.5 Å². The third-order valence-corrected chi connectivity index (χ3v) is 7.47. The molecule has 0 aromatic heterocycles. The third-order valence-electron chi connectivity index (χ3n) is 5.68. The molecule has 4 aromatic carbocycles. The second-order valence-corrected chi connectivity index (χ2v) is 10.5. The SMILES string of the molecule is O=C(CN(c1ccc([N+](=O)[O-])cc1)S(=O)(=O)c1ccccc1)N/N=C\c1ccc(OCC(=O)Nc2ccccc2)cc1. The highest BCUT2D eigenvalue weighted by Gasteiger charge is 2.27. The molecule has 0 saturated heterocycles. The Morgan fingerprint density at radius 2 is 1.48 bits per heavy atom. The maximum atomic E-state index is 13.3. The summed E-state index contributed by atoms with van der Waals surface area (Å²) in [5.74, 6) is -0.607. The molecule has 0 radical (unpaired) electrons. The molecule has 0 saturated carbocycles. The van der Waals surface area contributed by atoms with Crippen molar-refractivity contribution in [1.29, 1.82) is 0 Å². The van der Waals surface area contributed by atoms with Crippen LogP contribution in [0.5, 0.6) is 5.75 Å². The first-order valence-corrected chi connectivity index (χ1v) is 13.9. The normalized spacial score (nSPS) is 11.0. The number of non-ortho nitro benzene ring substituents is 1. The molecule has 0 aliphatic heterocycles. The molecular weight excluding hydrogens is 562 g/mol. The summed E-state index contributed by atoms with van der Waals surface area (Å²) in [5, 5.41) is 17.6. The van der Waals surface area contributed by atoms with Crippen molar-refractivity contribution in [1.82, 2.24) is 5.43 Å². The molecule has 0 heterocycles. The van der Waals surface area contributed by atoms with Crippen molar-refractivity contribution in [3.8, 4) is 5.75 Å². The van der Waals surface area contributed by atoms with Crippen molar-refractivity contribution in [2.45, 2.75) is 4.90 Å². The van der Waals surface area contributed by atoms with Gasteiger partial charge in [-0.3, -0.25) is 24.0 Å². The number of benzene rings is 4. The molecule has 12 nitrogen and oxygen atoms in total. The predicted molar refractivity (Wildman–Crippen MR) is 157 cm³/mol. The fourth-order valence-electron chi connectivity index (χ4n) is 3.64. The van der Waals surface area contributed by atoms with Crippen LogP contribution in [0.15, 0.2) is 119 Å². The van der Waals surface area contributed by atoms with Crippen molar-refractivity contribution >= 4 is 45.1 Å². The lowest BCUT2D eigenvalue weighted by molar-refractivity contribution is -0.384. The number of sulfonamides is 1. The largest absolute Gasteiger partial charge is 0.484 e. The molecule has 42 heavy (non-hydrogen) atoms. The summed E-state index contributed by atoms with van der Waals surface area (Å²) >= 11 is 0. The van der Waals surface area contributed by atoms with Gasteiger partial charge in [0.15, 0.2) is 6.61 Å². The van der Waals surface area contributed by atoms with Gasteiger partial charge in [-0.2, -0.15) is 5.10 Å². The Morgan fingerprint density at radius 1 is 0.857 bits per heavy atom. The number of hydrogen-bond donors (Lipinski definition) is 2. The summed E-state index contributed by atoms with van der Waals surface area (Å²) in [6, 6.07) is 27.9. The number of para-hydroxylation sites is 1. The second kappa shape index (κ2) is 13.7. The molecule has 2 amide bonds. The van der Waals surface area contributed by atoms with Gasteiger partial charge in [-0.1, -0.05) is 36.4 Å². The number of amides is 2. The molecule has 0 spiro atoms. The van der Waals surface area contributed by atoms with Crippen LogP contribution in [0.25, 0.3) is 0 Å². The van der Waals surface area contributed by atoms with Gasteiger partial charge >= 0.3 is 0 Å². The maximum Gasteiger partial charge on any atom is 0.269 e. The Hall–Kier alpha value is -5.56. The highest BCUT2D eigenvalue weighted by molar-refractivity contribution is 7.92. The van der Waals surface area contributed by atoms with E-state index in [0.717, 1.165) is 16.4 Å². The zero-order valence-corrected chi connectivity index (χ0v) is 22.8. The number of anilines is 2. The molecule has 0 atom stereocenters. The van der Waals surface area contributed by atoms with Crippen LogP contribution >= 0.6 is 0 Å². The number of hydrogen-bond acceptors (Lipinski definition) is 8. The van der Waals surface area contributed by atoms with Crippen molar-refractivity contribution in [2.75, 3.05) is 22.8 Å². The smallest absolute Gasteiger partial charge is 0.269 e. The van der Waals surface area contributed by atoms with E-state index in [1.54, 1.807) is 66.7 Å². The summed E-state index contributed by atoms with van der Waals surface area (Å²) < 4.78 is 33.0. The molecule has 2 N–H and O–H groups in total. The van der Waals surface area contributed by atoms with Gasteiger partial charge in [0.1, 0.15) is 12.3 Å². The van der Waals surface area contributed by atoms with Gasteiger partial charge in [0.25, 0.3) is 27.5 Å². The number of nitro groups is 1. The van der Waals surface area contributed by atoms with E-state index in [-0.39, 0.29) is 28.8 Å². The van der Waals surface area contributed by atoms with Crippen LogP contribution in [-0.2, 0) is 19.6 Å². The number of hydrazone groups is 1. The van der Waals surface area contributed by atoms with E-state index in [4.69, 9.17) is 4.74 Å². The minimum Gasteiger partial charge on any atom is -0.484 e. The number of nitro benzene ring substituents is 1. The number of carbonyl (C=O) groups is 2. The Morgan fingerprint density at radius 3 is 2.10 bits per heavy atom. The van der Waals surface area contributed by atoms with Crippen LogP contribution in [0, 0.1) is 10.1 Å². The van der Waals surface area contributed by atoms with Gasteiger partial charge in [0.05, 0.1) is 21.7 Å². The molecular formula is C29H25N5O7S. The predicted octanol–water partition coefficient (Wildman–Crippen LogP) is 3.96. The van der Waals surface area contributed by atoms with E-state index in [1.807, 2.05) is 6.07 Å². The lowest BCUT2D eigenvalue weighted by Crippen LogP contribution is -2.39. The molecule has 0 bridgehead atoms. The fourth-order valence-corrected chi connectivity index (χ4v) is 5.08. The molecule has 4 rings (SSSR count). The van der Waals surface area contributed by atoms with Gasteiger partial charge in [-0.15, -0.1) is 0 Å². The summed E-state index contributed by atoms with van der Waals surface area (Å²) in [4.78, 5) is 35.1. The van der Waals surface area contributed by atoms with Gasteiger partial charge in [0.2, 0.25) is 0 Å². The first-order chi connectivity index (χ1) is 20.2. The van der Waals surface area contributed by atoms with Gasteiger partial charge in [-0.05, 0) is 66.2 Å². The summed E-state index contributed by atoms with van der Waals surface area (Å²) in [6.07, 6.45) is 1.35. The molecule has 0 aliphatic carbocycles. The minimum atomic E-state index is -4.19. The van der Waals surface area contributed by atoms with Crippen molar-refractivity contribution in [3.63, 3.8) is 0 Å². The van der Waals surface area contributed by atoms with E-state index < -0.39 is 27.4 Å². The standard InChI is InChI=1S/C29H25N5O7S/c35-28(20-33(24-13-15-25(16-14-24)34(37)38)42(39,40)27-9-5-2-6-10-27)32-30-19-22-11-17-26(18-12-22)41-21-29(36)31-23-7-3-1-4-8-23/h1-19H,20-21H2,(H,31,36)(H,32,35)/b30-19-. The second-order valence-electron chi connectivity index (χ2n) is 8.66. The molecule has 0 unspecified atom stereocenters. The quantitative estimate of drug-likeness (QED) is 0.144. The van der Waals surface area contributed by atoms with Crippen LogP contribution in [0.3, 0.4) is 0 Å². The lowest BCUT2D eigenvalue weighted by atomic mass is 10.2. The summed E-state index contributed by atoms with van der Waals surface area (Å²) in [6.45, 7) is -0.820. The molecule has 214 valence electrons. The first kappa shape index (κ1) is 29.4. The molecule has 0 aliphatic rings. The Kier molecular flexibility index (Phi) is 9.58. The van der Waals surface area contributed by atoms with Gasteiger partial charge in [0, 0.05) is 17.8 Å². The minimum absolute atomic E-state index is 0.0560. The number of carbonyl (C=O) groups excluding carboxylic acids is 2. The Bertz CT molecular complexity index is 1660. The monoisotopic (exact) mass is 587 g/mol. The molecule has 13 heteroatoms. The van der Waals surface area contributed by atoms with Crippen LogP contribution in [0.1, 0.15) is 5.56 Å². The maximum absolute atomic E-state index is 13.3.